The van der Waals surface area contributed by atoms with Gasteiger partial charge in [-0.05, 0) is 56.2 Å². The Bertz CT molecular complexity index is 368. The molecule has 0 aliphatic carbocycles. The van der Waals surface area contributed by atoms with Crippen LogP contribution in [-0.4, -0.2) is 19.8 Å². The van der Waals surface area contributed by atoms with Gasteiger partial charge in [0.2, 0.25) is 0 Å². The number of hydrogen-bond donors (Lipinski definition) is 1. The van der Waals surface area contributed by atoms with Crippen LogP contribution in [0.1, 0.15) is 56.7 Å². The van der Waals surface area contributed by atoms with E-state index in [0.29, 0.717) is 6.04 Å². The minimum atomic E-state index is 0.442. The van der Waals surface area contributed by atoms with E-state index in [-0.39, 0.29) is 0 Å². The number of benzene rings is 1. The Morgan fingerprint density at radius 3 is 2.75 bits per heavy atom. The standard InChI is InChI=1S/C18H29NO/c1-3-4-5-16-6-8-18(9-7-16)15(2)19-12-10-17-11-13-20-14-17/h6-9,15,17,19H,3-5,10-14H2,1-2H3. The normalized spacial score (nSPS) is 20.2. The summed E-state index contributed by atoms with van der Waals surface area (Å²) >= 11 is 0. The second-order valence-corrected chi connectivity index (χ2v) is 6.04. The Balaban J connectivity index is 1.72. The lowest BCUT2D eigenvalue weighted by molar-refractivity contribution is 0.184. The van der Waals surface area contributed by atoms with Gasteiger partial charge in [-0.1, -0.05) is 37.6 Å². The Morgan fingerprint density at radius 1 is 1.30 bits per heavy atom. The van der Waals surface area contributed by atoms with Gasteiger partial charge in [-0.25, -0.2) is 0 Å². The molecule has 1 aliphatic heterocycles. The van der Waals surface area contributed by atoms with E-state index in [1.165, 1.54) is 43.2 Å². The molecule has 0 saturated carbocycles. The summed E-state index contributed by atoms with van der Waals surface area (Å²) in [6.07, 6.45) is 6.24. The molecule has 0 amide bonds. The van der Waals surface area contributed by atoms with E-state index in [4.69, 9.17) is 4.74 Å². The molecule has 2 rings (SSSR count). The van der Waals surface area contributed by atoms with Crippen molar-refractivity contribution < 1.29 is 4.74 Å². The average Bonchev–Trinajstić information content (AvgIpc) is 2.99. The van der Waals surface area contributed by atoms with Crippen LogP contribution in [0, 0.1) is 5.92 Å². The fraction of sp³-hybridized carbons (Fsp3) is 0.667. The summed E-state index contributed by atoms with van der Waals surface area (Å²) in [6.45, 7) is 7.51. The van der Waals surface area contributed by atoms with Crippen molar-refractivity contribution in [1.29, 1.82) is 0 Å². The molecule has 1 fully saturated rings. The zero-order valence-electron chi connectivity index (χ0n) is 13.0. The highest BCUT2D eigenvalue weighted by molar-refractivity contribution is 5.24. The second kappa shape index (κ2) is 8.43. The van der Waals surface area contributed by atoms with Crippen LogP contribution < -0.4 is 5.32 Å². The molecule has 0 radical (unpaired) electrons. The van der Waals surface area contributed by atoms with E-state index >= 15 is 0 Å². The molecular formula is C18H29NO. The van der Waals surface area contributed by atoms with Crippen molar-refractivity contribution in [1.82, 2.24) is 5.32 Å². The van der Waals surface area contributed by atoms with Crippen LogP contribution in [0.3, 0.4) is 0 Å². The third-order valence-electron chi connectivity index (χ3n) is 4.33. The number of nitrogens with one attached hydrogen (secondary N) is 1. The van der Waals surface area contributed by atoms with Crippen LogP contribution in [-0.2, 0) is 11.2 Å². The molecule has 1 aromatic rings. The maximum Gasteiger partial charge on any atom is 0.0495 e. The number of hydrogen-bond acceptors (Lipinski definition) is 2. The van der Waals surface area contributed by atoms with Crippen LogP contribution in [0.2, 0.25) is 0 Å². The lowest BCUT2D eigenvalue weighted by Gasteiger charge is -2.16. The Morgan fingerprint density at radius 2 is 2.10 bits per heavy atom. The molecular weight excluding hydrogens is 246 g/mol. The van der Waals surface area contributed by atoms with Crippen LogP contribution in [0.15, 0.2) is 24.3 Å². The topological polar surface area (TPSA) is 21.3 Å². The highest BCUT2D eigenvalue weighted by atomic mass is 16.5. The van der Waals surface area contributed by atoms with Crippen LogP contribution in [0.4, 0.5) is 0 Å². The lowest BCUT2D eigenvalue weighted by atomic mass is 10.0. The zero-order valence-corrected chi connectivity index (χ0v) is 13.0. The summed E-state index contributed by atoms with van der Waals surface area (Å²) < 4.78 is 5.42. The molecule has 2 unspecified atom stereocenters. The summed E-state index contributed by atoms with van der Waals surface area (Å²) in [5.41, 5.74) is 2.86. The minimum Gasteiger partial charge on any atom is -0.381 e. The van der Waals surface area contributed by atoms with Gasteiger partial charge < -0.3 is 10.1 Å². The molecule has 20 heavy (non-hydrogen) atoms. The smallest absolute Gasteiger partial charge is 0.0495 e. The van der Waals surface area contributed by atoms with Gasteiger partial charge in [-0.2, -0.15) is 0 Å². The fourth-order valence-corrected chi connectivity index (χ4v) is 2.79. The molecule has 0 spiro atoms. The van der Waals surface area contributed by atoms with Crippen molar-refractivity contribution in [2.75, 3.05) is 19.8 Å². The first-order chi connectivity index (χ1) is 9.79. The minimum absolute atomic E-state index is 0.442. The quantitative estimate of drug-likeness (QED) is 0.771. The molecule has 1 N–H and O–H groups in total. The lowest BCUT2D eigenvalue weighted by Crippen LogP contribution is -2.22. The summed E-state index contributed by atoms with van der Waals surface area (Å²) in [4.78, 5) is 0. The first kappa shape index (κ1) is 15.5. The van der Waals surface area contributed by atoms with Crippen molar-refractivity contribution in [3.8, 4) is 0 Å². The fourth-order valence-electron chi connectivity index (χ4n) is 2.79. The third kappa shape index (κ3) is 4.92. The molecule has 1 aromatic carbocycles. The summed E-state index contributed by atoms with van der Waals surface area (Å²) in [5.74, 6) is 0.770. The molecule has 2 atom stereocenters. The maximum atomic E-state index is 5.42. The van der Waals surface area contributed by atoms with Gasteiger partial charge in [0.05, 0.1) is 0 Å². The van der Waals surface area contributed by atoms with E-state index in [0.717, 1.165) is 25.7 Å². The van der Waals surface area contributed by atoms with Crippen molar-refractivity contribution in [3.63, 3.8) is 0 Å². The Kier molecular flexibility index (Phi) is 6.55. The first-order valence-corrected chi connectivity index (χ1v) is 8.19. The molecule has 0 bridgehead atoms. The monoisotopic (exact) mass is 275 g/mol. The molecule has 1 saturated heterocycles. The molecule has 0 aromatic heterocycles. The van der Waals surface area contributed by atoms with Crippen molar-refractivity contribution in [2.45, 2.75) is 52.0 Å². The van der Waals surface area contributed by atoms with Crippen LogP contribution >= 0.6 is 0 Å². The van der Waals surface area contributed by atoms with Crippen LogP contribution in [0.25, 0.3) is 0 Å². The highest BCUT2D eigenvalue weighted by Crippen LogP contribution is 2.18. The molecule has 112 valence electrons. The van der Waals surface area contributed by atoms with Crippen molar-refractivity contribution >= 4 is 0 Å². The van der Waals surface area contributed by atoms with Gasteiger partial charge in [0.15, 0.2) is 0 Å². The summed E-state index contributed by atoms with van der Waals surface area (Å²) in [6, 6.07) is 9.57. The predicted molar refractivity (Wildman–Crippen MR) is 85.0 cm³/mol. The number of aryl methyl sites for hydroxylation is 1. The Hall–Kier alpha value is -0.860. The van der Waals surface area contributed by atoms with Gasteiger partial charge in [0, 0.05) is 19.3 Å². The van der Waals surface area contributed by atoms with E-state index in [1.54, 1.807) is 0 Å². The molecule has 2 nitrogen and oxygen atoms in total. The van der Waals surface area contributed by atoms with Gasteiger partial charge in [-0.15, -0.1) is 0 Å². The van der Waals surface area contributed by atoms with Gasteiger partial charge in [0.1, 0.15) is 0 Å². The van der Waals surface area contributed by atoms with Crippen LogP contribution in [0.5, 0.6) is 0 Å². The van der Waals surface area contributed by atoms with E-state index < -0.39 is 0 Å². The van der Waals surface area contributed by atoms with Crippen molar-refractivity contribution in [2.24, 2.45) is 5.92 Å². The first-order valence-electron chi connectivity index (χ1n) is 8.19. The number of ether oxygens (including phenoxy) is 1. The van der Waals surface area contributed by atoms with Gasteiger partial charge in [-0.3, -0.25) is 0 Å². The van der Waals surface area contributed by atoms with Gasteiger partial charge >= 0.3 is 0 Å². The molecule has 1 heterocycles. The van der Waals surface area contributed by atoms with Gasteiger partial charge in [0.25, 0.3) is 0 Å². The third-order valence-corrected chi connectivity index (χ3v) is 4.33. The summed E-state index contributed by atoms with van der Waals surface area (Å²) in [7, 11) is 0. The molecule has 2 heteroatoms. The zero-order chi connectivity index (χ0) is 14.2. The van der Waals surface area contributed by atoms with Crippen molar-refractivity contribution in [3.05, 3.63) is 35.4 Å². The summed E-state index contributed by atoms with van der Waals surface area (Å²) in [5, 5.41) is 3.63. The number of unbranched alkanes of at least 4 members (excludes halogenated alkanes) is 1. The maximum absolute atomic E-state index is 5.42. The Labute approximate surface area is 123 Å². The molecule has 1 aliphatic rings. The predicted octanol–water partition coefficient (Wildman–Crippen LogP) is 4.11. The average molecular weight is 275 g/mol. The van der Waals surface area contributed by atoms with E-state index in [1.807, 2.05) is 0 Å². The van der Waals surface area contributed by atoms with E-state index in [9.17, 15) is 0 Å². The SMILES string of the molecule is CCCCc1ccc(C(C)NCCC2CCOC2)cc1. The second-order valence-electron chi connectivity index (χ2n) is 6.04. The highest BCUT2D eigenvalue weighted by Gasteiger charge is 2.15. The largest absolute Gasteiger partial charge is 0.381 e. The van der Waals surface area contributed by atoms with E-state index in [2.05, 4.69) is 43.4 Å². The number of rotatable bonds is 8.